The molecule has 2 heterocycles. The third kappa shape index (κ3) is 4.40. The normalized spacial score (nSPS) is 23.7. The third-order valence-corrected chi connectivity index (χ3v) is 5.69. The van der Waals surface area contributed by atoms with E-state index in [-0.39, 0.29) is 11.1 Å². The molecule has 4 rings (SSSR count). The number of hydrogen-bond donors (Lipinski definition) is 3. The minimum Gasteiger partial charge on any atom is -0.366 e. The monoisotopic (exact) mass is 395 g/mol. The van der Waals surface area contributed by atoms with Gasteiger partial charge in [0.25, 0.3) is 11.1 Å². The molecule has 4 N–H and O–H groups in total. The van der Waals surface area contributed by atoms with Gasteiger partial charge in [-0.05, 0) is 55.2 Å². The van der Waals surface area contributed by atoms with Crippen molar-refractivity contribution in [2.45, 2.75) is 37.8 Å². The average molecular weight is 395 g/mol. The van der Waals surface area contributed by atoms with E-state index in [0.717, 1.165) is 60.1 Å². The van der Waals surface area contributed by atoms with E-state index in [1.165, 1.54) is 0 Å². The summed E-state index contributed by atoms with van der Waals surface area (Å²) in [6.07, 6.45) is 9.27. The van der Waals surface area contributed by atoms with Gasteiger partial charge in [-0.15, -0.1) is 0 Å². The molecule has 1 aliphatic carbocycles. The fourth-order valence-corrected chi connectivity index (χ4v) is 4.09. The van der Waals surface area contributed by atoms with Gasteiger partial charge in [-0.25, -0.2) is 4.98 Å². The van der Waals surface area contributed by atoms with Gasteiger partial charge in [0.2, 0.25) is 0 Å². The molecular weight excluding hydrogens is 374 g/mol. The molecular formula is C20H21N5O2S. The van der Waals surface area contributed by atoms with Crippen LogP contribution in [0.25, 0.3) is 17.3 Å². The molecule has 8 heteroatoms. The highest BCUT2D eigenvalue weighted by Gasteiger charge is 2.25. The number of imide groups is 1. The molecule has 144 valence electrons. The van der Waals surface area contributed by atoms with Crippen LogP contribution in [0.1, 0.15) is 31.2 Å². The van der Waals surface area contributed by atoms with E-state index >= 15 is 0 Å². The van der Waals surface area contributed by atoms with E-state index in [2.05, 4.69) is 15.6 Å². The molecule has 0 atom stereocenters. The second kappa shape index (κ2) is 8.12. The lowest BCUT2D eigenvalue weighted by molar-refractivity contribution is -0.115. The van der Waals surface area contributed by atoms with Crippen molar-refractivity contribution in [1.82, 2.24) is 15.3 Å². The topological polar surface area (TPSA) is 110 Å². The van der Waals surface area contributed by atoms with Gasteiger partial charge < -0.3 is 11.1 Å². The highest BCUT2D eigenvalue weighted by molar-refractivity contribution is 8.18. The Hall–Kier alpha value is -2.71. The van der Waals surface area contributed by atoms with E-state index in [9.17, 15) is 9.59 Å². The average Bonchev–Trinajstić information content (AvgIpc) is 3.01. The number of anilines is 1. The van der Waals surface area contributed by atoms with Gasteiger partial charge in [0, 0.05) is 17.6 Å². The summed E-state index contributed by atoms with van der Waals surface area (Å²) in [6.45, 7) is 0. The largest absolute Gasteiger partial charge is 0.366 e. The molecule has 2 amide bonds. The number of nitrogens with one attached hydrogen (secondary N) is 2. The van der Waals surface area contributed by atoms with Crippen molar-refractivity contribution in [2.75, 3.05) is 5.32 Å². The first kappa shape index (κ1) is 18.6. The number of nitrogens with two attached hydrogens (primary N) is 1. The van der Waals surface area contributed by atoms with Crippen molar-refractivity contribution in [3.63, 3.8) is 0 Å². The van der Waals surface area contributed by atoms with E-state index in [4.69, 9.17) is 10.7 Å². The van der Waals surface area contributed by atoms with E-state index < -0.39 is 0 Å². The van der Waals surface area contributed by atoms with Crippen LogP contribution in [-0.4, -0.2) is 33.2 Å². The van der Waals surface area contributed by atoms with Crippen LogP contribution in [0.5, 0.6) is 0 Å². The molecule has 0 bridgehead atoms. The van der Waals surface area contributed by atoms with E-state index in [1.807, 2.05) is 24.3 Å². The number of carbonyl (C=O) groups excluding carboxylic acids is 2. The Balaban J connectivity index is 1.52. The molecule has 1 aromatic carbocycles. The predicted molar refractivity (Wildman–Crippen MR) is 110 cm³/mol. The predicted octanol–water partition coefficient (Wildman–Crippen LogP) is 3.15. The number of hydrogen-bond acceptors (Lipinski definition) is 7. The van der Waals surface area contributed by atoms with E-state index in [0.29, 0.717) is 17.0 Å². The fourth-order valence-electron chi connectivity index (χ4n) is 3.41. The SMILES string of the molecule is NC1CCC(Nc2cncc(-c3cccc(/C=C4\SC(=O)NC4=O)c3)n2)CC1. The molecule has 28 heavy (non-hydrogen) atoms. The maximum absolute atomic E-state index is 11.7. The van der Waals surface area contributed by atoms with Gasteiger partial charge in [0.05, 0.1) is 23.0 Å². The summed E-state index contributed by atoms with van der Waals surface area (Å²) in [5, 5.41) is 5.37. The number of amides is 2. The number of carbonyl (C=O) groups is 2. The van der Waals surface area contributed by atoms with E-state index in [1.54, 1.807) is 18.5 Å². The van der Waals surface area contributed by atoms with Gasteiger partial charge in [-0.3, -0.25) is 19.9 Å². The van der Waals surface area contributed by atoms with Crippen LogP contribution < -0.4 is 16.4 Å². The van der Waals surface area contributed by atoms with Crippen molar-refractivity contribution in [3.05, 3.63) is 47.1 Å². The smallest absolute Gasteiger partial charge is 0.290 e. The molecule has 2 aromatic rings. The van der Waals surface area contributed by atoms with Gasteiger partial charge in [-0.2, -0.15) is 0 Å². The van der Waals surface area contributed by atoms with Gasteiger partial charge in [0.15, 0.2) is 0 Å². The zero-order valence-electron chi connectivity index (χ0n) is 15.2. The summed E-state index contributed by atoms with van der Waals surface area (Å²) in [4.78, 5) is 32.5. The maximum Gasteiger partial charge on any atom is 0.290 e. The summed E-state index contributed by atoms with van der Waals surface area (Å²) in [7, 11) is 0. The Labute approximate surface area is 167 Å². The molecule has 1 saturated carbocycles. The van der Waals surface area contributed by atoms with Gasteiger partial charge in [0.1, 0.15) is 5.82 Å². The van der Waals surface area contributed by atoms with Crippen molar-refractivity contribution in [3.8, 4) is 11.3 Å². The standard InChI is InChI=1S/C20H21N5O2S/c21-14-4-6-15(7-5-14)23-18-11-22-10-16(24-18)13-3-1-2-12(8-13)9-17-19(26)25-20(27)28-17/h1-3,8-11,14-15H,4-7,21H2,(H,23,24)(H,25,26,27)/b17-9-. The minimum absolute atomic E-state index is 0.308. The summed E-state index contributed by atoms with van der Waals surface area (Å²) >= 11 is 0.907. The quantitative estimate of drug-likeness (QED) is 0.682. The maximum atomic E-state index is 11.7. The summed E-state index contributed by atoms with van der Waals surface area (Å²) < 4.78 is 0. The second-order valence-electron chi connectivity index (χ2n) is 7.02. The Morgan fingerprint density at radius 2 is 2.00 bits per heavy atom. The van der Waals surface area contributed by atoms with Crippen LogP contribution in [0.2, 0.25) is 0 Å². The van der Waals surface area contributed by atoms with Crippen LogP contribution in [0.4, 0.5) is 10.6 Å². The molecule has 1 aromatic heterocycles. The second-order valence-corrected chi connectivity index (χ2v) is 8.04. The zero-order valence-corrected chi connectivity index (χ0v) is 16.0. The van der Waals surface area contributed by atoms with Crippen LogP contribution in [0.3, 0.4) is 0 Å². The highest BCUT2D eigenvalue weighted by Crippen LogP contribution is 2.27. The van der Waals surface area contributed by atoms with Crippen molar-refractivity contribution >= 4 is 34.8 Å². The Kier molecular flexibility index (Phi) is 5.40. The Bertz CT molecular complexity index is 938. The minimum atomic E-state index is -0.362. The summed E-state index contributed by atoms with van der Waals surface area (Å²) in [5.74, 6) is 0.386. The number of nitrogens with zero attached hydrogens (tertiary/aromatic N) is 2. The lowest BCUT2D eigenvalue weighted by Crippen LogP contribution is -2.33. The zero-order chi connectivity index (χ0) is 19.5. The molecule has 7 nitrogen and oxygen atoms in total. The summed E-state index contributed by atoms with van der Waals surface area (Å²) in [5.41, 5.74) is 8.44. The van der Waals surface area contributed by atoms with Crippen LogP contribution in [-0.2, 0) is 4.79 Å². The third-order valence-electron chi connectivity index (χ3n) is 4.88. The Morgan fingerprint density at radius 3 is 2.75 bits per heavy atom. The molecule has 0 spiro atoms. The Morgan fingerprint density at radius 1 is 1.18 bits per heavy atom. The highest BCUT2D eigenvalue weighted by atomic mass is 32.2. The van der Waals surface area contributed by atoms with Crippen molar-refractivity contribution in [2.24, 2.45) is 5.73 Å². The van der Waals surface area contributed by atoms with Crippen LogP contribution in [0.15, 0.2) is 41.6 Å². The lowest BCUT2D eigenvalue weighted by Gasteiger charge is -2.27. The molecule has 2 fully saturated rings. The lowest BCUT2D eigenvalue weighted by atomic mass is 9.92. The molecule has 1 aliphatic heterocycles. The molecule has 2 aliphatic rings. The molecule has 0 radical (unpaired) electrons. The molecule has 1 saturated heterocycles. The fraction of sp³-hybridized carbons (Fsp3) is 0.300. The summed E-state index contributed by atoms with van der Waals surface area (Å²) in [6, 6.07) is 8.33. The number of aromatic nitrogens is 2. The van der Waals surface area contributed by atoms with Gasteiger partial charge >= 0.3 is 0 Å². The first-order chi connectivity index (χ1) is 13.6. The first-order valence-electron chi connectivity index (χ1n) is 9.26. The number of rotatable bonds is 4. The first-order valence-corrected chi connectivity index (χ1v) is 10.1. The van der Waals surface area contributed by atoms with Crippen LogP contribution in [0, 0.1) is 0 Å². The van der Waals surface area contributed by atoms with Crippen molar-refractivity contribution < 1.29 is 9.59 Å². The molecule has 0 unspecified atom stereocenters. The number of thioether (sulfide) groups is 1. The van der Waals surface area contributed by atoms with Crippen LogP contribution >= 0.6 is 11.8 Å². The number of benzene rings is 1. The van der Waals surface area contributed by atoms with Gasteiger partial charge in [-0.1, -0.05) is 18.2 Å². The van der Waals surface area contributed by atoms with Crippen molar-refractivity contribution in [1.29, 1.82) is 0 Å².